The quantitative estimate of drug-likeness (QED) is 0.0151. The van der Waals surface area contributed by atoms with Gasteiger partial charge in [0.2, 0.25) is 35.4 Å². The number of hydrogen-bond donors (Lipinski definition) is 9. The van der Waals surface area contributed by atoms with Crippen molar-refractivity contribution in [2.75, 3.05) is 44.2 Å². The highest BCUT2D eigenvalue weighted by molar-refractivity contribution is 6.33. The van der Waals surface area contributed by atoms with E-state index in [-0.39, 0.29) is 120 Å². The molecule has 0 unspecified atom stereocenters. The van der Waals surface area contributed by atoms with Gasteiger partial charge in [-0.1, -0.05) is 70.1 Å². The molecule has 7 aromatic carbocycles. The van der Waals surface area contributed by atoms with Gasteiger partial charge in [-0.2, -0.15) is 0 Å². The summed E-state index contributed by atoms with van der Waals surface area (Å²) in [5.41, 5.74) is 6.39. The van der Waals surface area contributed by atoms with Crippen LogP contribution < -0.4 is 37.6 Å². The van der Waals surface area contributed by atoms with Crippen LogP contribution in [0.1, 0.15) is 104 Å². The zero-order chi connectivity index (χ0) is 77.2. The second kappa shape index (κ2) is 43.8. The largest absolute Gasteiger partial charge is 0.481 e. The van der Waals surface area contributed by atoms with Crippen LogP contribution in [0.2, 0.25) is 25.1 Å². The van der Waals surface area contributed by atoms with Crippen LogP contribution in [0.5, 0.6) is 0 Å². The van der Waals surface area contributed by atoms with Gasteiger partial charge in [0.1, 0.15) is 17.5 Å². The van der Waals surface area contributed by atoms with Gasteiger partial charge in [-0.25, -0.2) is 40.3 Å². The molecular weight excluding hydrogens is 1460 g/mol. The molecule has 6 amide bonds. The van der Waals surface area contributed by atoms with Gasteiger partial charge in [-0.15, -0.1) is 0 Å². The van der Waals surface area contributed by atoms with Gasteiger partial charge in [0.15, 0.2) is 35.3 Å². The number of ketones is 1. The topological polar surface area (TPSA) is 336 Å². The molecule has 0 saturated heterocycles. The number of hydrogen-bond acceptors (Lipinski definition) is 13. The summed E-state index contributed by atoms with van der Waals surface area (Å²) >= 11 is 28.0. The Kier molecular flexibility index (Phi) is 37.5. The molecule has 0 bridgehead atoms. The van der Waals surface area contributed by atoms with E-state index in [0.29, 0.717) is 40.3 Å². The number of carbonyl (C=O) groups is 11. The van der Waals surface area contributed by atoms with Crippen molar-refractivity contribution in [3.05, 3.63) is 214 Å². The van der Waals surface area contributed by atoms with Crippen molar-refractivity contribution in [3.8, 4) is 0 Å². The van der Waals surface area contributed by atoms with E-state index in [9.17, 15) is 83.5 Å². The molecule has 21 nitrogen and oxygen atoms in total. The Morgan fingerprint density at radius 2 is 0.882 bits per heavy atom. The van der Waals surface area contributed by atoms with Gasteiger partial charge in [0.05, 0.1) is 67.0 Å². The lowest BCUT2D eigenvalue weighted by molar-refractivity contribution is -0.138. The van der Waals surface area contributed by atoms with Crippen molar-refractivity contribution in [2.24, 2.45) is 0 Å². The highest BCUT2D eigenvalue weighted by Gasteiger charge is 2.25. The summed E-state index contributed by atoms with van der Waals surface area (Å²) in [6.07, 6.45) is 5.14. The van der Waals surface area contributed by atoms with Crippen molar-refractivity contribution in [2.45, 2.75) is 74.1 Å². The number of carbonyl (C=O) groups excluding carboxylic acids is 9. The third kappa shape index (κ3) is 30.9. The van der Waals surface area contributed by atoms with E-state index in [4.69, 9.17) is 74.0 Å². The van der Waals surface area contributed by atoms with E-state index in [1.165, 1.54) is 126 Å². The number of carboxylic acids is 2. The summed E-state index contributed by atoms with van der Waals surface area (Å²) in [6, 6.07) is 23.8. The van der Waals surface area contributed by atoms with Gasteiger partial charge < -0.3 is 52.6 Å². The molecule has 542 valence electrons. The Morgan fingerprint density at radius 3 is 1.29 bits per heavy atom. The van der Waals surface area contributed by atoms with Crippen LogP contribution >= 0.6 is 58.0 Å². The first-order valence-corrected chi connectivity index (χ1v) is 31.0. The lowest BCUT2D eigenvalue weighted by Gasteiger charge is -2.07. The maximum absolute atomic E-state index is 14.0. The number of amides is 6. The van der Waals surface area contributed by atoms with Crippen LogP contribution in [0.15, 0.2) is 115 Å². The SMILES string of the molecule is CC(=O)Nc1ccc(Cl)c(/C=C/C(=O)O)c1F.CC(=O)Nc1ccc(Cl)c(C=O)c1F.CC(=O)Nc1ccc(Cl)cc1F.CC(=O)Nc1ccc2c(c1F)CCC2=O.CC(=O)Nc1cccc(CCC(=O)O)c1F.CCOC(=O)/C=C/c1c(Cl)ccc(NC(C)=O)c1F.Nc1ccc(Cl)cc1F. The molecule has 0 atom stereocenters. The molecule has 0 heterocycles. The Hall–Kier alpha value is -10.7. The fourth-order valence-corrected chi connectivity index (χ4v) is 8.77. The van der Waals surface area contributed by atoms with Crippen molar-refractivity contribution in [1.29, 1.82) is 0 Å². The maximum Gasteiger partial charge on any atom is 0.330 e. The Morgan fingerprint density at radius 1 is 0.490 bits per heavy atom. The third-order valence-corrected chi connectivity index (χ3v) is 13.6. The normalized spacial score (nSPS) is 10.6. The molecule has 0 aromatic heterocycles. The fourth-order valence-electron chi connectivity index (χ4n) is 7.85. The molecule has 0 aliphatic heterocycles. The van der Waals surface area contributed by atoms with Crippen molar-refractivity contribution < 1.29 is 98.4 Å². The van der Waals surface area contributed by atoms with Crippen LogP contribution in [0, 0.1) is 40.7 Å². The summed E-state index contributed by atoms with van der Waals surface area (Å²) in [5.74, 6) is -9.41. The maximum atomic E-state index is 14.0. The molecular formula is C69H63Cl5F7N7O14. The van der Waals surface area contributed by atoms with Gasteiger partial charge in [0.25, 0.3) is 0 Å². The molecule has 0 fully saturated rings. The van der Waals surface area contributed by atoms with Gasteiger partial charge in [0, 0.05) is 98.8 Å². The van der Waals surface area contributed by atoms with E-state index in [0.717, 1.165) is 24.3 Å². The van der Waals surface area contributed by atoms with Crippen molar-refractivity contribution in [3.63, 3.8) is 0 Å². The zero-order valence-corrected chi connectivity index (χ0v) is 58.4. The molecule has 0 saturated carbocycles. The molecule has 102 heavy (non-hydrogen) atoms. The van der Waals surface area contributed by atoms with Crippen LogP contribution in [-0.4, -0.2) is 82.2 Å². The van der Waals surface area contributed by atoms with Crippen LogP contribution in [0.25, 0.3) is 12.2 Å². The molecule has 1 aliphatic carbocycles. The minimum absolute atomic E-state index is 0.000379. The lowest BCUT2D eigenvalue weighted by atomic mass is 10.1. The molecule has 0 radical (unpaired) electrons. The minimum atomic E-state index is -1.22. The average molecular weight is 1520 g/mol. The Labute approximate surface area is 603 Å². The number of nitrogens with one attached hydrogen (secondary N) is 6. The molecule has 8 rings (SSSR count). The van der Waals surface area contributed by atoms with Crippen molar-refractivity contribution >= 4 is 175 Å². The molecule has 7 aromatic rings. The number of nitrogen functional groups attached to an aromatic ring is 1. The highest BCUT2D eigenvalue weighted by atomic mass is 35.5. The number of anilines is 7. The number of benzene rings is 7. The smallest absolute Gasteiger partial charge is 0.330 e. The number of rotatable bonds is 15. The second-order valence-electron chi connectivity index (χ2n) is 20.3. The van der Waals surface area contributed by atoms with Crippen LogP contribution in [-0.2, 0) is 60.7 Å². The summed E-state index contributed by atoms with van der Waals surface area (Å²) in [5, 5.41) is 31.7. The van der Waals surface area contributed by atoms with E-state index in [2.05, 4.69) is 36.6 Å². The third-order valence-electron chi connectivity index (χ3n) is 12.2. The van der Waals surface area contributed by atoms with E-state index in [1.54, 1.807) is 25.1 Å². The summed E-state index contributed by atoms with van der Waals surface area (Å²) in [6.45, 7) is 9.55. The first-order valence-electron chi connectivity index (χ1n) is 29.1. The number of aryl methyl sites for hydroxylation is 1. The van der Waals surface area contributed by atoms with Crippen LogP contribution in [0.3, 0.4) is 0 Å². The number of nitrogens with two attached hydrogens (primary N) is 1. The summed E-state index contributed by atoms with van der Waals surface area (Å²) < 4.78 is 98.6. The van der Waals surface area contributed by atoms with Gasteiger partial charge in [-0.3, -0.25) is 43.2 Å². The molecule has 1 aliphatic rings. The summed E-state index contributed by atoms with van der Waals surface area (Å²) in [4.78, 5) is 118. The Bertz CT molecular complexity index is 4340. The number of carboxylic acid groups (broad SMARTS) is 2. The first-order chi connectivity index (χ1) is 47.8. The molecule has 10 N–H and O–H groups in total. The van der Waals surface area contributed by atoms with E-state index < -0.39 is 76.4 Å². The van der Waals surface area contributed by atoms with E-state index in [1.807, 2.05) is 0 Å². The number of fused-ring (bicyclic) bond motifs is 1. The Balaban J connectivity index is 0.000000408. The predicted molar refractivity (Wildman–Crippen MR) is 376 cm³/mol. The van der Waals surface area contributed by atoms with Crippen molar-refractivity contribution in [1.82, 2.24) is 0 Å². The standard InChI is InChI=1S/C13H13ClFNO3.C11H9ClFNO3.C11H12FNO3.C11H10FNO2.C9H7ClFNO2.C8H7ClFNO.C6H5ClFN/c1-3-19-12(18)7-4-9-10(14)5-6-11(13(9)15)16-8(2)17;1-6(15)14-9-4-3-8(12)7(11(9)13)2-5-10(16)17;1-7(14)13-9-4-2-3-8(11(9)12)5-6-10(15)16;1-6(14)13-9-4-2-7-8(11(9)12)3-5-10(7)15;1-5(14)12-8-3-2-7(10)6(4-13)9(8)11;1-5(12)11-8-3-2-6(9)4-7(8)10;7-4-1-2-6(9)5(8)3-4/h4-7H,3H2,1-2H3,(H,16,17);2-5H,1H3,(H,14,15)(H,16,17);2-4H,5-6H2,1H3,(H,13,14)(H,15,16);2,4H,3,5H2,1H3,(H,13,14);2-4H,1H3,(H,12,14);2-4H,1H3,(H,11,12);1-3H,9H2/b7-4+;5-2+;;;;;. The highest BCUT2D eigenvalue weighted by Crippen LogP contribution is 2.31. The first kappa shape index (κ1) is 87.4. The summed E-state index contributed by atoms with van der Waals surface area (Å²) in [7, 11) is 0. The lowest BCUT2D eigenvalue weighted by Crippen LogP contribution is -2.09. The number of esters is 1. The van der Waals surface area contributed by atoms with Crippen LogP contribution in [0.4, 0.5) is 70.5 Å². The number of aliphatic carboxylic acids is 2. The van der Waals surface area contributed by atoms with Gasteiger partial charge in [-0.05, 0) is 128 Å². The molecule has 33 heteroatoms. The predicted octanol–water partition coefficient (Wildman–Crippen LogP) is 16.0. The minimum Gasteiger partial charge on any atom is -0.481 e. The monoisotopic (exact) mass is 1520 g/mol. The number of Topliss-reactive ketones (excluding diaryl/α,β-unsaturated/α-hetero) is 1. The second-order valence-corrected chi connectivity index (χ2v) is 22.4. The number of aldehydes is 1. The van der Waals surface area contributed by atoms with E-state index >= 15 is 0 Å². The number of ether oxygens (including phenoxy) is 1. The average Bonchev–Trinajstić information content (AvgIpc) is 1.60. The molecule has 0 spiro atoms. The zero-order valence-electron chi connectivity index (χ0n) is 54.6. The fraction of sp³-hybridized carbons (Fsp3) is 0.174. The number of halogens is 12. The van der Waals surface area contributed by atoms with Gasteiger partial charge >= 0.3 is 17.9 Å².